The Hall–Kier alpha value is -0.0800. The molecule has 2 nitrogen and oxygen atoms in total. The van der Waals surface area contributed by atoms with E-state index in [0.29, 0.717) is 0 Å². The van der Waals surface area contributed by atoms with Gasteiger partial charge in [-0.3, -0.25) is 0 Å². The van der Waals surface area contributed by atoms with Crippen molar-refractivity contribution >= 4 is 0 Å². The molecule has 1 rings (SSSR count). The number of hydrogen-bond acceptors (Lipinski definition) is 2. The average molecular weight is 157 g/mol. The van der Waals surface area contributed by atoms with Gasteiger partial charge in [-0.05, 0) is 32.7 Å². The molecule has 1 atom stereocenters. The van der Waals surface area contributed by atoms with Gasteiger partial charge >= 0.3 is 0 Å². The molecule has 66 valence electrons. The highest BCUT2D eigenvalue weighted by atomic mass is 16.5. The van der Waals surface area contributed by atoms with Crippen molar-refractivity contribution in [3.05, 3.63) is 0 Å². The zero-order valence-corrected chi connectivity index (χ0v) is 7.81. The Morgan fingerprint density at radius 3 is 2.73 bits per heavy atom. The monoisotopic (exact) mass is 157 g/mol. The lowest BCUT2D eigenvalue weighted by atomic mass is 9.98. The van der Waals surface area contributed by atoms with E-state index in [-0.39, 0.29) is 5.60 Å². The summed E-state index contributed by atoms with van der Waals surface area (Å²) in [5, 5.41) is 3.35. The predicted octanol–water partition coefficient (Wildman–Crippen LogP) is 1.41. The molecule has 2 heteroatoms. The number of ether oxygens (including phenoxy) is 1. The molecule has 0 saturated carbocycles. The van der Waals surface area contributed by atoms with E-state index in [9.17, 15) is 0 Å². The second-order valence-electron chi connectivity index (χ2n) is 3.95. The lowest BCUT2D eigenvalue weighted by Gasteiger charge is -2.15. The Morgan fingerprint density at radius 2 is 2.27 bits per heavy atom. The van der Waals surface area contributed by atoms with Crippen LogP contribution in [0, 0.1) is 5.92 Å². The van der Waals surface area contributed by atoms with Crippen LogP contribution in [-0.2, 0) is 4.74 Å². The quantitative estimate of drug-likeness (QED) is 0.669. The van der Waals surface area contributed by atoms with E-state index in [0.717, 1.165) is 25.6 Å². The van der Waals surface area contributed by atoms with E-state index in [4.69, 9.17) is 4.74 Å². The molecule has 1 fully saturated rings. The van der Waals surface area contributed by atoms with Gasteiger partial charge < -0.3 is 10.1 Å². The summed E-state index contributed by atoms with van der Waals surface area (Å²) in [6.45, 7) is 9.58. The van der Waals surface area contributed by atoms with Crippen LogP contribution in [0.5, 0.6) is 0 Å². The minimum Gasteiger partial charge on any atom is -0.375 e. The van der Waals surface area contributed by atoms with E-state index >= 15 is 0 Å². The van der Waals surface area contributed by atoms with Gasteiger partial charge in [-0.25, -0.2) is 0 Å². The minimum atomic E-state index is 0.125. The fraction of sp³-hybridized carbons (Fsp3) is 1.00. The second-order valence-corrected chi connectivity index (χ2v) is 3.95. The van der Waals surface area contributed by atoms with Crippen molar-refractivity contribution in [1.29, 1.82) is 0 Å². The largest absolute Gasteiger partial charge is 0.375 e. The van der Waals surface area contributed by atoms with Crippen molar-refractivity contribution in [2.24, 2.45) is 5.92 Å². The van der Waals surface area contributed by atoms with Crippen LogP contribution < -0.4 is 5.32 Å². The highest BCUT2D eigenvalue weighted by molar-refractivity contribution is 4.81. The first-order chi connectivity index (χ1) is 5.14. The molecule has 1 aliphatic rings. The van der Waals surface area contributed by atoms with Crippen LogP contribution in [0.3, 0.4) is 0 Å². The molecule has 1 heterocycles. The Kier molecular flexibility index (Phi) is 2.90. The molecule has 1 saturated heterocycles. The van der Waals surface area contributed by atoms with Gasteiger partial charge in [0.25, 0.3) is 0 Å². The zero-order chi connectivity index (χ0) is 8.32. The SMILES string of the molecule is CCNCC1COC(C)(C)C1. The second kappa shape index (κ2) is 3.55. The molecule has 0 spiro atoms. The lowest BCUT2D eigenvalue weighted by molar-refractivity contribution is 0.0350. The normalized spacial score (nSPS) is 29.2. The topological polar surface area (TPSA) is 21.3 Å². The predicted molar refractivity (Wildman–Crippen MR) is 46.7 cm³/mol. The summed E-state index contributed by atoms with van der Waals surface area (Å²) in [7, 11) is 0. The van der Waals surface area contributed by atoms with E-state index in [1.54, 1.807) is 0 Å². The van der Waals surface area contributed by atoms with Crippen molar-refractivity contribution in [2.75, 3.05) is 19.7 Å². The first-order valence-corrected chi connectivity index (χ1v) is 4.49. The Morgan fingerprint density at radius 1 is 1.55 bits per heavy atom. The van der Waals surface area contributed by atoms with Crippen LogP contribution in [-0.4, -0.2) is 25.3 Å². The summed E-state index contributed by atoms with van der Waals surface area (Å²) < 4.78 is 5.61. The third-order valence-electron chi connectivity index (χ3n) is 2.17. The van der Waals surface area contributed by atoms with Gasteiger partial charge in [0.2, 0.25) is 0 Å². The Labute approximate surface area is 69.3 Å². The fourth-order valence-electron chi connectivity index (χ4n) is 1.64. The minimum absolute atomic E-state index is 0.125. The molecular formula is C9H19NO. The van der Waals surface area contributed by atoms with Gasteiger partial charge in [0.05, 0.1) is 12.2 Å². The van der Waals surface area contributed by atoms with Gasteiger partial charge in [-0.15, -0.1) is 0 Å². The van der Waals surface area contributed by atoms with Gasteiger partial charge in [0.1, 0.15) is 0 Å². The molecule has 1 N–H and O–H groups in total. The third kappa shape index (κ3) is 2.80. The van der Waals surface area contributed by atoms with Crippen molar-refractivity contribution in [3.63, 3.8) is 0 Å². The first kappa shape index (κ1) is 9.01. The maximum absolute atomic E-state index is 5.61. The Balaban J connectivity index is 2.20. The van der Waals surface area contributed by atoms with Crippen molar-refractivity contribution in [3.8, 4) is 0 Å². The number of hydrogen-bond donors (Lipinski definition) is 1. The first-order valence-electron chi connectivity index (χ1n) is 4.49. The van der Waals surface area contributed by atoms with Crippen LogP contribution in [0.4, 0.5) is 0 Å². The molecule has 0 amide bonds. The highest BCUT2D eigenvalue weighted by Gasteiger charge is 2.31. The van der Waals surface area contributed by atoms with Crippen molar-refractivity contribution in [2.45, 2.75) is 32.8 Å². The summed E-state index contributed by atoms with van der Waals surface area (Å²) in [6, 6.07) is 0. The molecule has 0 aromatic rings. The zero-order valence-electron chi connectivity index (χ0n) is 7.81. The molecule has 0 bridgehead atoms. The van der Waals surface area contributed by atoms with Crippen LogP contribution in [0.25, 0.3) is 0 Å². The van der Waals surface area contributed by atoms with Crippen molar-refractivity contribution < 1.29 is 4.74 Å². The molecule has 0 aromatic heterocycles. The van der Waals surface area contributed by atoms with E-state index in [1.165, 1.54) is 6.42 Å². The maximum atomic E-state index is 5.61. The third-order valence-corrected chi connectivity index (χ3v) is 2.17. The van der Waals surface area contributed by atoms with Crippen LogP contribution in [0.15, 0.2) is 0 Å². The van der Waals surface area contributed by atoms with E-state index in [1.807, 2.05) is 0 Å². The summed E-state index contributed by atoms with van der Waals surface area (Å²) in [5.41, 5.74) is 0.125. The molecule has 0 radical (unpaired) electrons. The molecule has 0 aliphatic carbocycles. The van der Waals surface area contributed by atoms with E-state index < -0.39 is 0 Å². The smallest absolute Gasteiger partial charge is 0.0630 e. The van der Waals surface area contributed by atoms with Gasteiger partial charge in [-0.2, -0.15) is 0 Å². The van der Waals surface area contributed by atoms with Gasteiger partial charge in [0, 0.05) is 6.54 Å². The van der Waals surface area contributed by atoms with Crippen LogP contribution in [0.1, 0.15) is 27.2 Å². The molecule has 0 aromatic carbocycles. The summed E-state index contributed by atoms with van der Waals surface area (Å²) in [6.07, 6.45) is 1.19. The fourth-order valence-corrected chi connectivity index (χ4v) is 1.64. The molecule has 1 unspecified atom stereocenters. The standard InChI is InChI=1S/C9H19NO/c1-4-10-6-8-5-9(2,3)11-7-8/h8,10H,4-7H2,1-3H3. The van der Waals surface area contributed by atoms with Crippen LogP contribution >= 0.6 is 0 Å². The van der Waals surface area contributed by atoms with Gasteiger partial charge in [0.15, 0.2) is 0 Å². The van der Waals surface area contributed by atoms with E-state index in [2.05, 4.69) is 26.1 Å². The molecule has 1 aliphatic heterocycles. The maximum Gasteiger partial charge on any atom is 0.0630 e. The summed E-state index contributed by atoms with van der Waals surface area (Å²) in [4.78, 5) is 0. The van der Waals surface area contributed by atoms with Crippen molar-refractivity contribution in [1.82, 2.24) is 5.32 Å². The summed E-state index contributed by atoms with van der Waals surface area (Å²) in [5.74, 6) is 0.727. The number of nitrogens with one attached hydrogen (secondary N) is 1. The lowest BCUT2D eigenvalue weighted by Crippen LogP contribution is -2.23. The summed E-state index contributed by atoms with van der Waals surface area (Å²) >= 11 is 0. The highest BCUT2D eigenvalue weighted by Crippen LogP contribution is 2.28. The Bertz CT molecular complexity index is 123. The average Bonchev–Trinajstić information content (AvgIpc) is 2.26. The molecule has 11 heavy (non-hydrogen) atoms. The number of rotatable bonds is 3. The van der Waals surface area contributed by atoms with Gasteiger partial charge in [-0.1, -0.05) is 6.92 Å². The molecular weight excluding hydrogens is 138 g/mol. The van der Waals surface area contributed by atoms with Crippen LogP contribution in [0.2, 0.25) is 0 Å².